The van der Waals surface area contributed by atoms with Gasteiger partial charge in [0.05, 0.1) is 16.8 Å². The Hall–Kier alpha value is -3.75. The summed E-state index contributed by atoms with van der Waals surface area (Å²) >= 11 is 6.23. The van der Waals surface area contributed by atoms with Crippen LogP contribution < -0.4 is 9.80 Å². The second kappa shape index (κ2) is 12.1. The Morgan fingerprint density at radius 3 is 2.41 bits per heavy atom. The van der Waals surface area contributed by atoms with Crippen molar-refractivity contribution in [2.24, 2.45) is 5.41 Å². The summed E-state index contributed by atoms with van der Waals surface area (Å²) in [7, 11) is 0. The molecule has 1 fully saturated rings. The number of rotatable bonds is 6. The quantitative estimate of drug-likeness (QED) is 0.226. The van der Waals surface area contributed by atoms with Gasteiger partial charge in [0, 0.05) is 59.1 Å². The number of nitrogens with zero attached hydrogens (tertiary/aromatic N) is 5. The van der Waals surface area contributed by atoms with E-state index in [2.05, 4.69) is 51.8 Å². The summed E-state index contributed by atoms with van der Waals surface area (Å²) in [4.78, 5) is 31.6. The number of aromatic nitrogens is 3. The maximum Gasteiger partial charge on any atom is 0.337 e. The van der Waals surface area contributed by atoms with E-state index in [9.17, 15) is 9.90 Å². The Morgan fingerprint density at radius 2 is 1.72 bits per heavy atom. The van der Waals surface area contributed by atoms with E-state index in [1.807, 2.05) is 52.8 Å². The normalized spacial score (nSPS) is 17.2. The first-order chi connectivity index (χ1) is 21.7. The van der Waals surface area contributed by atoms with Gasteiger partial charge in [-0.3, -0.25) is 4.98 Å². The summed E-state index contributed by atoms with van der Waals surface area (Å²) in [6.45, 7) is 17.5. The number of hydrogen-bond donors (Lipinski definition) is 1. The van der Waals surface area contributed by atoms with E-state index in [-0.39, 0.29) is 5.41 Å². The fraction of sp³-hybridized carbons (Fsp3) is 0.459. The highest BCUT2D eigenvalue weighted by Crippen LogP contribution is 2.45. The van der Waals surface area contributed by atoms with Crippen molar-refractivity contribution in [3.63, 3.8) is 0 Å². The van der Waals surface area contributed by atoms with E-state index in [1.165, 1.54) is 11.1 Å². The second-order valence-electron chi connectivity index (χ2n) is 14.5. The van der Waals surface area contributed by atoms with Crippen molar-refractivity contribution in [3.05, 3.63) is 75.8 Å². The van der Waals surface area contributed by atoms with Crippen molar-refractivity contribution >= 4 is 40.0 Å². The summed E-state index contributed by atoms with van der Waals surface area (Å²) in [6, 6.07) is 12.4. The van der Waals surface area contributed by atoms with Gasteiger partial charge in [0.1, 0.15) is 12.1 Å². The van der Waals surface area contributed by atoms with Gasteiger partial charge >= 0.3 is 5.97 Å². The van der Waals surface area contributed by atoms with E-state index in [0.29, 0.717) is 16.3 Å². The third kappa shape index (κ3) is 6.42. The van der Waals surface area contributed by atoms with Crippen molar-refractivity contribution in [2.45, 2.75) is 86.0 Å². The Labute approximate surface area is 276 Å². The van der Waals surface area contributed by atoms with Gasteiger partial charge in [0.15, 0.2) is 6.10 Å². The molecule has 2 aliphatic heterocycles. The Bertz CT molecular complexity index is 1810. The number of carboxylic acids is 1. The minimum absolute atomic E-state index is 0.237. The number of ether oxygens (including phenoxy) is 1. The van der Waals surface area contributed by atoms with Gasteiger partial charge in [0.25, 0.3) is 0 Å². The van der Waals surface area contributed by atoms with Gasteiger partial charge in [-0.1, -0.05) is 43.6 Å². The molecule has 1 saturated heterocycles. The van der Waals surface area contributed by atoms with Gasteiger partial charge < -0.3 is 19.6 Å². The van der Waals surface area contributed by atoms with Gasteiger partial charge in [-0.2, -0.15) is 0 Å². The van der Waals surface area contributed by atoms with E-state index in [0.717, 1.165) is 84.7 Å². The highest BCUT2D eigenvalue weighted by atomic mass is 35.5. The number of carboxylic acid groups (broad SMARTS) is 1. The van der Waals surface area contributed by atoms with Crippen LogP contribution in [0.25, 0.3) is 22.0 Å². The maximum atomic E-state index is 12.8. The van der Waals surface area contributed by atoms with Crippen molar-refractivity contribution in [1.82, 2.24) is 15.0 Å². The van der Waals surface area contributed by atoms with Gasteiger partial charge in [-0.25, -0.2) is 14.8 Å². The standard InChI is InChI=1S/C37H44ClN5O3/c1-22-30(32(42-16-13-37(6,7)14-17-42)31(23(2)41-22)33(35(44)45)46-36(3,4)5)25-8-9-26-20-43(15-12-24(26)18-25)34-28-11-10-27(38)19-29(28)39-21-40-34/h8-11,18-19,21,33H,12-17,20H2,1-7H3,(H,44,45). The number of carbonyl (C=O) groups is 1. The van der Waals surface area contributed by atoms with Crippen LogP contribution in [0.4, 0.5) is 11.5 Å². The smallest absolute Gasteiger partial charge is 0.337 e. The van der Waals surface area contributed by atoms with E-state index < -0.39 is 17.7 Å². The van der Waals surface area contributed by atoms with Crippen LogP contribution in [0.5, 0.6) is 0 Å². The molecule has 2 aliphatic rings. The zero-order chi connectivity index (χ0) is 33.0. The molecule has 4 heterocycles. The first kappa shape index (κ1) is 32.2. The molecule has 4 aromatic rings. The number of benzene rings is 2. The first-order valence-electron chi connectivity index (χ1n) is 16.1. The molecule has 1 atom stereocenters. The van der Waals surface area contributed by atoms with E-state index >= 15 is 0 Å². The molecule has 8 nitrogen and oxygen atoms in total. The van der Waals surface area contributed by atoms with Gasteiger partial charge in [-0.15, -0.1) is 0 Å². The SMILES string of the molecule is Cc1nc(C)c(C(OC(C)(C)C)C(=O)O)c(N2CCC(C)(C)CC2)c1-c1ccc2c(c1)CCN(c1ncnc3cc(Cl)ccc13)C2. The summed E-state index contributed by atoms with van der Waals surface area (Å²) in [5, 5.41) is 12.2. The van der Waals surface area contributed by atoms with E-state index in [4.69, 9.17) is 21.3 Å². The lowest BCUT2D eigenvalue weighted by Gasteiger charge is -2.41. The predicted molar refractivity (Wildman–Crippen MR) is 185 cm³/mol. The largest absolute Gasteiger partial charge is 0.479 e. The van der Waals surface area contributed by atoms with Crippen LogP contribution >= 0.6 is 11.6 Å². The number of anilines is 2. The van der Waals surface area contributed by atoms with Crippen molar-refractivity contribution in [2.75, 3.05) is 29.4 Å². The lowest BCUT2D eigenvalue weighted by Crippen LogP contribution is -2.39. The maximum absolute atomic E-state index is 12.8. The molecule has 242 valence electrons. The molecule has 0 amide bonds. The van der Waals surface area contributed by atoms with Crippen molar-refractivity contribution in [1.29, 1.82) is 0 Å². The molecule has 0 saturated carbocycles. The molecule has 0 radical (unpaired) electrons. The van der Waals surface area contributed by atoms with Crippen LogP contribution in [0.2, 0.25) is 5.02 Å². The minimum Gasteiger partial charge on any atom is -0.479 e. The molecule has 46 heavy (non-hydrogen) atoms. The number of aliphatic carboxylic acids is 1. The molecule has 6 rings (SSSR count). The molecule has 0 spiro atoms. The average molecular weight is 642 g/mol. The number of aryl methyl sites for hydroxylation is 2. The minimum atomic E-state index is -1.14. The van der Waals surface area contributed by atoms with Crippen LogP contribution in [-0.2, 0) is 22.5 Å². The van der Waals surface area contributed by atoms with Crippen LogP contribution in [0.3, 0.4) is 0 Å². The number of hydrogen-bond acceptors (Lipinski definition) is 7. The van der Waals surface area contributed by atoms with Crippen LogP contribution in [0.1, 0.15) is 81.6 Å². The summed E-state index contributed by atoms with van der Waals surface area (Å²) < 4.78 is 6.26. The summed E-state index contributed by atoms with van der Waals surface area (Å²) in [6.07, 6.45) is 3.36. The molecule has 2 aromatic carbocycles. The molecule has 2 aromatic heterocycles. The fourth-order valence-corrected chi connectivity index (χ4v) is 7.08. The molecule has 9 heteroatoms. The predicted octanol–water partition coefficient (Wildman–Crippen LogP) is 8.09. The summed E-state index contributed by atoms with van der Waals surface area (Å²) in [5.41, 5.74) is 8.19. The summed E-state index contributed by atoms with van der Waals surface area (Å²) in [5.74, 6) is -0.0910. The lowest BCUT2D eigenvalue weighted by atomic mass is 9.81. The zero-order valence-corrected chi connectivity index (χ0v) is 28.7. The Kier molecular flexibility index (Phi) is 8.49. The first-order valence-corrected chi connectivity index (χ1v) is 16.5. The molecule has 0 bridgehead atoms. The number of pyridine rings is 1. The second-order valence-corrected chi connectivity index (χ2v) is 15.0. The number of piperidine rings is 1. The van der Waals surface area contributed by atoms with Gasteiger partial charge in [0.2, 0.25) is 0 Å². The Balaban J connectivity index is 1.43. The van der Waals surface area contributed by atoms with Gasteiger partial charge in [-0.05, 0) is 94.2 Å². The molecule has 1 N–H and O–H groups in total. The average Bonchev–Trinajstić information content (AvgIpc) is 2.98. The zero-order valence-electron chi connectivity index (χ0n) is 27.9. The molecule has 0 aliphatic carbocycles. The topological polar surface area (TPSA) is 91.7 Å². The highest BCUT2D eigenvalue weighted by molar-refractivity contribution is 6.31. The monoisotopic (exact) mass is 641 g/mol. The van der Waals surface area contributed by atoms with Crippen LogP contribution in [0, 0.1) is 19.3 Å². The third-order valence-electron chi connectivity index (χ3n) is 9.35. The van der Waals surface area contributed by atoms with E-state index in [1.54, 1.807) is 6.33 Å². The number of halogens is 1. The van der Waals surface area contributed by atoms with Crippen LogP contribution in [0.15, 0.2) is 42.7 Å². The highest BCUT2D eigenvalue weighted by Gasteiger charge is 2.36. The number of fused-ring (bicyclic) bond motifs is 2. The van der Waals surface area contributed by atoms with Crippen molar-refractivity contribution < 1.29 is 14.6 Å². The lowest BCUT2D eigenvalue weighted by molar-refractivity contribution is -0.160. The molecule has 1 unspecified atom stereocenters. The fourth-order valence-electron chi connectivity index (χ4n) is 6.91. The molecular weight excluding hydrogens is 598 g/mol. The van der Waals surface area contributed by atoms with Crippen LogP contribution in [-0.4, -0.2) is 51.3 Å². The van der Waals surface area contributed by atoms with Crippen molar-refractivity contribution in [3.8, 4) is 11.1 Å². The molecular formula is C37H44ClN5O3. The third-order valence-corrected chi connectivity index (χ3v) is 9.59. The Morgan fingerprint density at radius 1 is 0.978 bits per heavy atom.